The molecule has 86 valence electrons. The van der Waals surface area contributed by atoms with Crippen molar-refractivity contribution < 1.29 is 14.3 Å². The van der Waals surface area contributed by atoms with Gasteiger partial charge in [0.1, 0.15) is 6.10 Å². The van der Waals surface area contributed by atoms with Gasteiger partial charge in [-0.2, -0.15) is 0 Å². The molecule has 4 heteroatoms. The maximum atomic E-state index is 11.4. The Morgan fingerprint density at radius 1 is 1.47 bits per heavy atom. The largest absolute Gasteiger partial charge is 0.353 e. The monoisotopic (exact) mass is 213 g/mol. The van der Waals surface area contributed by atoms with Gasteiger partial charge in [-0.1, -0.05) is 0 Å². The minimum Gasteiger partial charge on any atom is -0.353 e. The van der Waals surface area contributed by atoms with Crippen LogP contribution in [0.4, 0.5) is 0 Å². The van der Waals surface area contributed by atoms with Crippen LogP contribution in [0.2, 0.25) is 0 Å². The molecule has 4 nitrogen and oxygen atoms in total. The van der Waals surface area contributed by atoms with Gasteiger partial charge in [-0.3, -0.25) is 4.79 Å². The standard InChI is InChI=1S/C11H19NO3/c1-11(2)14-7-9(15-11)6-12-10(13)5-8-3-4-8/h8-9H,3-7H2,1-2H3,(H,12,13). The van der Waals surface area contributed by atoms with Gasteiger partial charge in [0.25, 0.3) is 0 Å². The molecule has 15 heavy (non-hydrogen) atoms. The molecule has 1 unspecified atom stereocenters. The van der Waals surface area contributed by atoms with E-state index in [1.165, 1.54) is 12.8 Å². The molecule has 2 aliphatic rings. The summed E-state index contributed by atoms with van der Waals surface area (Å²) in [4.78, 5) is 11.4. The Morgan fingerprint density at radius 3 is 2.73 bits per heavy atom. The highest BCUT2D eigenvalue weighted by atomic mass is 16.7. The number of amides is 1. The molecule has 1 aliphatic carbocycles. The number of carbonyl (C=O) groups excluding carboxylic acids is 1. The Bertz CT molecular complexity index is 248. The Balaban J connectivity index is 1.63. The van der Waals surface area contributed by atoms with Crippen molar-refractivity contribution in [2.45, 2.75) is 45.0 Å². The number of rotatable bonds is 4. The van der Waals surface area contributed by atoms with Gasteiger partial charge < -0.3 is 14.8 Å². The highest BCUT2D eigenvalue weighted by Crippen LogP contribution is 2.32. The van der Waals surface area contributed by atoms with E-state index < -0.39 is 5.79 Å². The quantitative estimate of drug-likeness (QED) is 0.759. The van der Waals surface area contributed by atoms with E-state index in [0.717, 1.165) is 0 Å². The maximum absolute atomic E-state index is 11.4. The zero-order valence-corrected chi connectivity index (χ0v) is 9.41. The molecule has 2 fully saturated rings. The summed E-state index contributed by atoms with van der Waals surface area (Å²) >= 11 is 0. The molecule has 2 rings (SSSR count). The van der Waals surface area contributed by atoms with Gasteiger partial charge in [-0.05, 0) is 32.6 Å². The van der Waals surface area contributed by atoms with Crippen LogP contribution in [0.3, 0.4) is 0 Å². The fraction of sp³-hybridized carbons (Fsp3) is 0.909. The zero-order valence-electron chi connectivity index (χ0n) is 9.41. The number of carbonyl (C=O) groups is 1. The average molecular weight is 213 g/mol. The maximum Gasteiger partial charge on any atom is 0.220 e. The molecule has 0 radical (unpaired) electrons. The smallest absolute Gasteiger partial charge is 0.220 e. The van der Waals surface area contributed by atoms with E-state index in [9.17, 15) is 4.79 Å². The third kappa shape index (κ3) is 3.47. The fourth-order valence-corrected chi connectivity index (χ4v) is 1.75. The molecule has 1 saturated carbocycles. The summed E-state index contributed by atoms with van der Waals surface area (Å²) in [6.45, 7) is 4.91. The Kier molecular flexibility index (Phi) is 2.98. The average Bonchev–Trinajstić information content (AvgIpc) is 2.87. The molecular weight excluding hydrogens is 194 g/mol. The van der Waals surface area contributed by atoms with Crippen molar-refractivity contribution in [3.05, 3.63) is 0 Å². The molecule has 0 bridgehead atoms. The first kappa shape index (κ1) is 10.9. The van der Waals surface area contributed by atoms with Crippen LogP contribution >= 0.6 is 0 Å². The van der Waals surface area contributed by atoms with E-state index in [1.807, 2.05) is 13.8 Å². The minimum absolute atomic E-state index is 0.00292. The van der Waals surface area contributed by atoms with Gasteiger partial charge in [0.05, 0.1) is 6.61 Å². The zero-order chi connectivity index (χ0) is 10.9. The number of ether oxygens (including phenoxy) is 2. The van der Waals surface area contributed by atoms with Crippen LogP contribution in [-0.2, 0) is 14.3 Å². The van der Waals surface area contributed by atoms with E-state index in [4.69, 9.17) is 9.47 Å². The van der Waals surface area contributed by atoms with Crippen LogP contribution in [0.1, 0.15) is 33.1 Å². The summed E-state index contributed by atoms with van der Waals surface area (Å²) < 4.78 is 11.0. The second-order valence-corrected chi connectivity index (χ2v) is 4.90. The molecule has 0 aromatic carbocycles. The van der Waals surface area contributed by atoms with E-state index >= 15 is 0 Å². The van der Waals surface area contributed by atoms with Crippen molar-refractivity contribution in [2.24, 2.45) is 5.92 Å². The molecule has 1 amide bonds. The molecule has 1 heterocycles. The van der Waals surface area contributed by atoms with Crippen LogP contribution in [0.25, 0.3) is 0 Å². The van der Waals surface area contributed by atoms with Gasteiger partial charge in [-0.15, -0.1) is 0 Å². The molecule has 1 atom stereocenters. The van der Waals surface area contributed by atoms with Crippen LogP contribution in [0.15, 0.2) is 0 Å². The lowest BCUT2D eigenvalue weighted by molar-refractivity contribution is -0.139. The van der Waals surface area contributed by atoms with Crippen molar-refractivity contribution in [3.8, 4) is 0 Å². The van der Waals surface area contributed by atoms with E-state index in [2.05, 4.69) is 5.32 Å². The van der Waals surface area contributed by atoms with E-state index in [1.54, 1.807) is 0 Å². The summed E-state index contributed by atoms with van der Waals surface area (Å²) in [5, 5.41) is 2.89. The van der Waals surface area contributed by atoms with Crippen LogP contribution in [0, 0.1) is 5.92 Å². The number of hydrogen-bond donors (Lipinski definition) is 1. The molecule has 1 N–H and O–H groups in total. The Morgan fingerprint density at radius 2 is 2.20 bits per heavy atom. The van der Waals surface area contributed by atoms with Gasteiger partial charge >= 0.3 is 0 Å². The predicted molar refractivity (Wildman–Crippen MR) is 55.3 cm³/mol. The SMILES string of the molecule is CC1(C)OCC(CNC(=O)CC2CC2)O1. The molecule has 0 spiro atoms. The van der Waals surface area contributed by atoms with Gasteiger partial charge in [0, 0.05) is 13.0 Å². The molecule has 1 aliphatic heterocycles. The summed E-state index contributed by atoms with van der Waals surface area (Å²) in [5.41, 5.74) is 0. The highest BCUT2D eigenvalue weighted by Gasteiger charge is 2.33. The summed E-state index contributed by atoms with van der Waals surface area (Å²) in [6.07, 6.45) is 3.10. The first-order chi connectivity index (χ1) is 7.05. The van der Waals surface area contributed by atoms with Crippen LogP contribution in [-0.4, -0.2) is 30.9 Å². The Hall–Kier alpha value is -0.610. The molecule has 0 aromatic rings. The summed E-state index contributed by atoms with van der Waals surface area (Å²) in [6, 6.07) is 0. The molecular formula is C11H19NO3. The highest BCUT2D eigenvalue weighted by molar-refractivity contribution is 5.76. The third-order valence-electron chi connectivity index (χ3n) is 2.77. The number of hydrogen-bond acceptors (Lipinski definition) is 3. The van der Waals surface area contributed by atoms with Crippen molar-refractivity contribution in [1.82, 2.24) is 5.32 Å². The first-order valence-corrected chi connectivity index (χ1v) is 5.64. The third-order valence-corrected chi connectivity index (χ3v) is 2.77. The molecule has 1 saturated heterocycles. The van der Waals surface area contributed by atoms with Crippen LogP contribution in [0.5, 0.6) is 0 Å². The van der Waals surface area contributed by atoms with Crippen molar-refractivity contribution >= 4 is 5.91 Å². The Labute approximate surface area is 90.3 Å². The van der Waals surface area contributed by atoms with E-state index in [-0.39, 0.29) is 12.0 Å². The first-order valence-electron chi connectivity index (χ1n) is 5.64. The van der Waals surface area contributed by atoms with Crippen LogP contribution < -0.4 is 5.32 Å². The summed E-state index contributed by atoms with van der Waals surface area (Å²) in [7, 11) is 0. The lowest BCUT2D eigenvalue weighted by atomic mass is 10.2. The normalized spacial score (nSPS) is 29.1. The van der Waals surface area contributed by atoms with Crippen molar-refractivity contribution in [2.75, 3.05) is 13.2 Å². The number of nitrogens with one attached hydrogen (secondary N) is 1. The topological polar surface area (TPSA) is 47.6 Å². The summed E-state index contributed by atoms with van der Waals surface area (Å²) in [5.74, 6) is 0.291. The van der Waals surface area contributed by atoms with Gasteiger partial charge in [-0.25, -0.2) is 0 Å². The van der Waals surface area contributed by atoms with Gasteiger partial charge in [0.2, 0.25) is 5.91 Å². The fourth-order valence-electron chi connectivity index (χ4n) is 1.75. The van der Waals surface area contributed by atoms with Gasteiger partial charge in [0.15, 0.2) is 5.79 Å². The predicted octanol–water partition coefficient (Wildman–Crippen LogP) is 1.05. The molecule has 0 aromatic heterocycles. The van der Waals surface area contributed by atoms with Crippen molar-refractivity contribution in [3.63, 3.8) is 0 Å². The van der Waals surface area contributed by atoms with E-state index in [0.29, 0.717) is 25.5 Å². The second kappa shape index (κ2) is 4.10. The van der Waals surface area contributed by atoms with Crippen molar-refractivity contribution in [1.29, 1.82) is 0 Å². The lowest BCUT2D eigenvalue weighted by Crippen LogP contribution is -2.34. The second-order valence-electron chi connectivity index (χ2n) is 4.90. The minimum atomic E-state index is -0.494. The lowest BCUT2D eigenvalue weighted by Gasteiger charge is -2.17.